The van der Waals surface area contributed by atoms with Gasteiger partial charge in [0, 0.05) is 24.7 Å². The summed E-state index contributed by atoms with van der Waals surface area (Å²) < 4.78 is 10.6. The van der Waals surface area contributed by atoms with E-state index in [-0.39, 0.29) is 18.6 Å². The van der Waals surface area contributed by atoms with E-state index in [0.717, 1.165) is 21.8 Å². The molecule has 0 bridgehead atoms. The molecule has 2 aromatic rings. The SMILES string of the molecule is CNC(=O)c1ccc(C[NH+](C)CC(=O)NCc2ccc3c(c2)OCO3)cc1. The molecule has 0 radical (unpaired) electrons. The molecule has 0 saturated carbocycles. The Morgan fingerprint density at radius 2 is 1.74 bits per heavy atom. The maximum absolute atomic E-state index is 12.2. The van der Waals surface area contributed by atoms with Crippen molar-refractivity contribution in [3.05, 3.63) is 59.2 Å². The number of rotatable bonds is 7. The maximum atomic E-state index is 12.2. The second-order valence-electron chi connectivity index (χ2n) is 6.55. The summed E-state index contributed by atoms with van der Waals surface area (Å²) >= 11 is 0. The minimum absolute atomic E-state index is 0.0212. The smallest absolute Gasteiger partial charge is 0.275 e. The average Bonchev–Trinajstić information content (AvgIpc) is 3.14. The van der Waals surface area contributed by atoms with E-state index in [2.05, 4.69) is 10.6 Å². The summed E-state index contributed by atoms with van der Waals surface area (Å²) in [6, 6.07) is 13.1. The lowest BCUT2D eigenvalue weighted by atomic mass is 10.1. The number of likely N-dealkylation sites (N-methyl/N-ethyl adjacent to an activating group) is 1. The number of quaternary nitrogens is 1. The fourth-order valence-corrected chi connectivity index (χ4v) is 2.92. The highest BCUT2D eigenvalue weighted by Gasteiger charge is 2.14. The average molecular weight is 370 g/mol. The Labute approximate surface area is 158 Å². The Bertz CT molecular complexity index is 820. The predicted molar refractivity (Wildman–Crippen MR) is 99.7 cm³/mol. The van der Waals surface area contributed by atoms with Gasteiger partial charge in [-0.15, -0.1) is 0 Å². The first-order valence-electron chi connectivity index (χ1n) is 8.82. The lowest BCUT2D eigenvalue weighted by molar-refractivity contribution is -0.885. The van der Waals surface area contributed by atoms with Crippen molar-refractivity contribution in [3.8, 4) is 11.5 Å². The van der Waals surface area contributed by atoms with Crippen molar-refractivity contribution in [2.45, 2.75) is 13.1 Å². The van der Waals surface area contributed by atoms with E-state index in [1.54, 1.807) is 19.2 Å². The molecular weight excluding hydrogens is 346 g/mol. The number of hydrogen-bond acceptors (Lipinski definition) is 4. The topological polar surface area (TPSA) is 81.1 Å². The molecule has 0 spiro atoms. The highest BCUT2D eigenvalue weighted by molar-refractivity contribution is 5.93. The van der Waals surface area contributed by atoms with E-state index in [4.69, 9.17) is 9.47 Å². The number of fused-ring (bicyclic) bond motifs is 1. The molecule has 2 amide bonds. The van der Waals surface area contributed by atoms with E-state index in [9.17, 15) is 9.59 Å². The molecule has 1 atom stereocenters. The van der Waals surface area contributed by atoms with Crippen molar-refractivity contribution < 1.29 is 24.0 Å². The van der Waals surface area contributed by atoms with Gasteiger partial charge in [0.1, 0.15) is 6.54 Å². The fourth-order valence-electron chi connectivity index (χ4n) is 2.92. The van der Waals surface area contributed by atoms with Crippen molar-refractivity contribution in [2.24, 2.45) is 0 Å². The van der Waals surface area contributed by atoms with Gasteiger partial charge < -0.3 is 25.0 Å². The largest absolute Gasteiger partial charge is 0.454 e. The number of nitrogens with one attached hydrogen (secondary N) is 3. The summed E-state index contributed by atoms with van der Waals surface area (Å²) in [4.78, 5) is 24.8. The van der Waals surface area contributed by atoms with Crippen LogP contribution < -0.4 is 25.0 Å². The van der Waals surface area contributed by atoms with Crippen LogP contribution in [0.2, 0.25) is 0 Å². The number of hydrogen-bond donors (Lipinski definition) is 3. The summed E-state index contributed by atoms with van der Waals surface area (Å²) in [5.74, 6) is 1.32. The van der Waals surface area contributed by atoms with Gasteiger partial charge in [0.25, 0.3) is 11.8 Å². The summed E-state index contributed by atoms with van der Waals surface area (Å²) in [5, 5.41) is 5.53. The van der Waals surface area contributed by atoms with E-state index >= 15 is 0 Å². The first kappa shape index (κ1) is 18.7. The first-order valence-corrected chi connectivity index (χ1v) is 8.82. The Hall–Kier alpha value is -3.06. The Balaban J connectivity index is 1.45. The zero-order valence-corrected chi connectivity index (χ0v) is 15.5. The van der Waals surface area contributed by atoms with Gasteiger partial charge in [-0.3, -0.25) is 9.59 Å². The number of carbonyl (C=O) groups excluding carboxylic acids is 2. The van der Waals surface area contributed by atoms with Crippen LogP contribution in [0.5, 0.6) is 11.5 Å². The van der Waals surface area contributed by atoms with E-state index in [1.165, 1.54) is 0 Å². The van der Waals surface area contributed by atoms with Crippen molar-refractivity contribution in [1.29, 1.82) is 0 Å². The summed E-state index contributed by atoms with van der Waals surface area (Å²) in [7, 11) is 3.57. The van der Waals surface area contributed by atoms with Gasteiger partial charge in [-0.1, -0.05) is 18.2 Å². The van der Waals surface area contributed by atoms with E-state index < -0.39 is 0 Å². The predicted octanol–water partition coefficient (Wildman–Crippen LogP) is 0.106. The quantitative estimate of drug-likeness (QED) is 0.646. The molecule has 0 aliphatic carbocycles. The molecule has 1 aliphatic heterocycles. The van der Waals surface area contributed by atoms with Gasteiger partial charge in [-0.25, -0.2) is 0 Å². The van der Waals surface area contributed by atoms with Crippen LogP contribution in [0, 0.1) is 0 Å². The zero-order chi connectivity index (χ0) is 19.2. The van der Waals surface area contributed by atoms with Gasteiger partial charge in [0.15, 0.2) is 18.0 Å². The number of amides is 2. The van der Waals surface area contributed by atoms with Gasteiger partial charge in [0.05, 0.1) is 7.05 Å². The molecule has 7 nitrogen and oxygen atoms in total. The molecule has 0 saturated heterocycles. The molecule has 3 N–H and O–H groups in total. The van der Waals surface area contributed by atoms with Gasteiger partial charge in [-0.05, 0) is 29.8 Å². The lowest BCUT2D eigenvalue weighted by Crippen LogP contribution is -3.08. The molecular formula is C20H24N3O4+. The van der Waals surface area contributed by atoms with Crippen molar-refractivity contribution in [3.63, 3.8) is 0 Å². The minimum Gasteiger partial charge on any atom is -0.454 e. The molecule has 27 heavy (non-hydrogen) atoms. The highest BCUT2D eigenvalue weighted by atomic mass is 16.7. The fraction of sp³-hybridized carbons (Fsp3) is 0.300. The minimum atomic E-state index is -0.106. The van der Waals surface area contributed by atoms with E-state index in [1.807, 2.05) is 37.4 Å². The Morgan fingerprint density at radius 1 is 1.04 bits per heavy atom. The van der Waals surface area contributed by atoms with Crippen LogP contribution >= 0.6 is 0 Å². The van der Waals surface area contributed by atoms with Gasteiger partial charge in [-0.2, -0.15) is 0 Å². The van der Waals surface area contributed by atoms with Crippen LogP contribution in [0.3, 0.4) is 0 Å². The zero-order valence-electron chi connectivity index (χ0n) is 15.5. The van der Waals surface area contributed by atoms with Crippen LogP contribution in [0.25, 0.3) is 0 Å². The standard InChI is InChI=1S/C20H23N3O4/c1-21-20(25)16-6-3-14(4-7-16)11-23(2)12-19(24)22-10-15-5-8-17-18(9-15)27-13-26-17/h3-9H,10-13H2,1-2H3,(H,21,25)(H,22,24)/p+1. The van der Waals surface area contributed by atoms with Crippen LogP contribution in [-0.4, -0.2) is 39.2 Å². The molecule has 0 fully saturated rings. The van der Waals surface area contributed by atoms with Gasteiger partial charge >= 0.3 is 0 Å². The normalized spacial score (nSPS) is 13.1. The third-order valence-electron chi connectivity index (χ3n) is 4.34. The van der Waals surface area contributed by atoms with Crippen LogP contribution in [0.1, 0.15) is 21.5 Å². The molecule has 2 aromatic carbocycles. The maximum Gasteiger partial charge on any atom is 0.275 e. The summed E-state index contributed by atoms with van der Waals surface area (Å²) in [6.07, 6.45) is 0. The lowest BCUT2D eigenvalue weighted by Gasteiger charge is -2.14. The third kappa shape index (κ3) is 4.98. The number of ether oxygens (including phenoxy) is 2. The van der Waals surface area contributed by atoms with Crippen molar-refractivity contribution in [2.75, 3.05) is 27.4 Å². The molecule has 3 rings (SSSR count). The summed E-state index contributed by atoms with van der Waals surface area (Å²) in [6.45, 7) is 1.75. The van der Waals surface area contributed by atoms with Crippen LogP contribution in [-0.2, 0) is 17.9 Å². The molecule has 142 valence electrons. The molecule has 1 unspecified atom stereocenters. The second-order valence-corrected chi connectivity index (χ2v) is 6.55. The number of benzene rings is 2. The molecule has 1 aliphatic rings. The first-order chi connectivity index (χ1) is 13.0. The van der Waals surface area contributed by atoms with Crippen molar-refractivity contribution in [1.82, 2.24) is 10.6 Å². The van der Waals surface area contributed by atoms with E-state index in [0.29, 0.717) is 30.9 Å². The summed E-state index contributed by atoms with van der Waals surface area (Å²) in [5.41, 5.74) is 2.67. The highest BCUT2D eigenvalue weighted by Crippen LogP contribution is 2.32. The Morgan fingerprint density at radius 3 is 2.48 bits per heavy atom. The van der Waals surface area contributed by atoms with Crippen LogP contribution in [0.15, 0.2) is 42.5 Å². The third-order valence-corrected chi connectivity index (χ3v) is 4.34. The van der Waals surface area contributed by atoms with Gasteiger partial charge in [0.2, 0.25) is 6.79 Å². The molecule has 7 heteroatoms. The monoisotopic (exact) mass is 370 g/mol. The molecule has 1 heterocycles. The van der Waals surface area contributed by atoms with Crippen LogP contribution in [0.4, 0.5) is 0 Å². The molecule has 0 aromatic heterocycles. The second kappa shape index (κ2) is 8.55. The van der Waals surface area contributed by atoms with Crippen molar-refractivity contribution >= 4 is 11.8 Å². The number of carbonyl (C=O) groups is 2. The Kier molecular flexibility index (Phi) is 5.93.